The lowest BCUT2D eigenvalue weighted by molar-refractivity contribution is 0.626. The number of nitrogens with one attached hydrogen (secondary N) is 3. The van der Waals surface area contributed by atoms with Gasteiger partial charge in [0.25, 0.3) is 0 Å². The molecule has 2 aromatic rings. The average molecular weight is 237 g/mol. The molecule has 5 nitrogen and oxygen atoms in total. The Morgan fingerprint density at radius 1 is 1.38 bits per heavy atom. The molecule has 0 aliphatic heterocycles. The van der Waals surface area contributed by atoms with Gasteiger partial charge in [-0.15, -0.1) is 0 Å². The molecule has 1 aromatic heterocycles. The van der Waals surface area contributed by atoms with Crippen molar-refractivity contribution < 1.29 is 4.39 Å². The van der Waals surface area contributed by atoms with E-state index in [9.17, 15) is 4.39 Å². The van der Waals surface area contributed by atoms with E-state index in [1.54, 1.807) is 18.2 Å². The molecular formula is C9H8FN5S. The molecule has 0 fully saturated rings. The number of benzene rings is 1. The number of hydrogen-bond donors (Lipinski definition) is 3. The van der Waals surface area contributed by atoms with Gasteiger partial charge in [-0.1, -0.05) is 18.2 Å². The molecule has 0 atom stereocenters. The normalized spacial score (nSPS) is 10.8. The van der Waals surface area contributed by atoms with E-state index in [0.29, 0.717) is 16.3 Å². The highest BCUT2D eigenvalue weighted by molar-refractivity contribution is 7.71. The lowest BCUT2D eigenvalue weighted by Gasteiger charge is -1.95. The standard InChI is InChI=1S/C9H8FN5S/c10-7-4-2-1-3-6(7)5-11-13-8-12-9(16)15-14-8/h1-5H,(H3,12,13,14,15,16)/b11-5+. The highest BCUT2D eigenvalue weighted by Crippen LogP contribution is 2.03. The summed E-state index contributed by atoms with van der Waals surface area (Å²) in [6.07, 6.45) is 1.36. The predicted octanol–water partition coefficient (Wildman–Crippen LogP) is 2.05. The predicted molar refractivity (Wildman–Crippen MR) is 61.4 cm³/mol. The Hall–Kier alpha value is -2.02. The third-order valence-corrected chi connectivity index (χ3v) is 1.97. The van der Waals surface area contributed by atoms with Crippen LogP contribution in [0.2, 0.25) is 0 Å². The van der Waals surface area contributed by atoms with Crippen LogP contribution in [0.1, 0.15) is 5.56 Å². The van der Waals surface area contributed by atoms with Crippen molar-refractivity contribution >= 4 is 24.4 Å². The molecule has 0 saturated heterocycles. The lowest BCUT2D eigenvalue weighted by Crippen LogP contribution is -1.94. The van der Waals surface area contributed by atoms with Gasteiger partial charge in [0.1, 0.15) is 5.82 Å². The van der Waals surface area contributed by atoms with Crippen LogP contribution in [-0.4, -0.2) is 21.4 Å². The Kier molecular flexibility index (Phi) is 3.06. The minimum atomic E-state index is -0.331. The van der Waals surface area contributed by atoms with Crippen LogP contribution in [0, 0.1) is 10.6 Å². The fraction of sp³-hybridized carbons (Fsp3) is 0. The highest BCUT2D eigenvalue weighted by Gasteiger charge is 1.96. The number of aromatic amines is 2. The number of hydrogen-bond acceptors (Lipinski definition) is 4. The average Bonchev–Trinajstić information content (AvgIpc) is 2.67. The highest BCUT2D eigenvalue weighted by atomic mass is 32.1. The summed E-state index contributed by atoms with van der Waals surface area (Å²) < 4.78 is 13.5. The smallest absolute Gasteiger partial charge is 0.238 e. The molecule has 0 aliphatic carbocycles. The minimum Gasteiger partial charge on any atom is -0.272 e. The van der Waals surface area contributed by atoms with Gasteiger partial charge in [-0.2, -0.15) is 10.1 Å². The lowest BCUT2D eigenvalue weighted by atomic mass is 10.2. The fourth-order valence-electron chi connectivity index (χ4n) is 1.07. The summed E-state index contributed by atoms with van der Waals surface area (Å²) in [7, 11) is 0. The molecule has 7 heteroatoms. The van der Waals surface area contributed by atoms with Crippen LogP contribution >= 0.6 is 12.2 Å². The quantitative estimate of drug-likeness (QED) is 0.435. The Balaban J connectivity index is 2.05. The maximum Gasteiger partial charge on any atom is 0.238 e. The van der Waals surface area contributed by atoms with Crippen molar-refractivity contribution in [2.45, 2.75) is 0 Å². The van der Waals surface area contributed by atoms with Crippen molar-refractivity contribution in [1.29, 1.82) is 0 Å². The van der Waals surface area contributed by atoms with Gasteiger partial charge >= 0.3 is 0 Å². The van der Waals surface area contributed by atoms with E-state index in [-0.39, 0.29) is 5.82 Å². The molecular weight excluding hydrogens is 229 g/mol. The van der Waals surface area contributed by atoms with Crippen molar-refractivity contribution in [2.75, 3.05) is 5.43 Å². The zero-order chi connectivity index (χ0) is 11.4. The number of nitrogens with zero attached hydrogens (tertiary/aromatic N) is 2. The van der Waals surface area contributed by atoms with Gasteiger partial charge in [0.2, 0.25) is 10.7 Å². The maximum absolute atomic E-state index is 13.2. The van der Waals surface area contributed by atoms with E-state index in [1.807, 2.05) is 0 Å². The van der Waals surface area contributed by atoms with Gasteiger partial charge in [0.15, 0.2) is 0 Å². The molecule has 82 valence electrons. The zero-order valence-electron chi connectivity index (χ0n) is 8.07. The summed E-state index contributed by atoms with van der Waals surface area (Å²) in [5.41, 5.74) is 2.97. The van der Waals surface area contributed by atoms with Gasteiger partial charge in [-0.3, -0.25) is 10.2 Å². The SMILES string of the molecule is Fc1ccccc1/C=N/Nc1nc(=S)[nH][nH]1. The first-order valence-corrected chi connectivity index (χ1v) is 4.85. The molecule has 0 unspecified atom stereocenters. The summed E-state index contributed by atoms with van der Waals surface area (Å²) in [5.74, 6) is 0.0422. The number of H-pyrrole nitrogens is 2. The van der Waals surface area contributed by atoms with E-state index >= 15 is 0 Å². The van der Waals surface area contributed by atoms with Crippen LogP contribution in [0.25, 0.3) is 0 Å². The third-order valence-electron chi connectivity index (χ3n) is 1.78. The molecule has 0 saturated carbocycles. The number of anilines is 1. The first kappa shape index (κ1) is 10.5. The van der Waals surface area contributed by atoms with E-state index in [1.165, 1.54) is 12.3 Å². The maximum atomic E-state index is 13.2. The van der Waals surface area contributed by atoms with Crippen molar-refractivity contribution in [2.24, 2.45) is 5.10 Å². The van der Waals surface area contributed by atoms with Crippen LogP contribution in [0.3, 0.4) is 0 Å². The second kappa shape index (κ2) is 4.67. The summed E-state index contributed by atoms with van der Waals surface area (Å²) >= 11 is 4.75. The van der Waals surface area contributed by atoms with Gasteiger partial charge in [0.05, 0.1) is 6.21 Å². The summed E-state index contributed by atoms with van der Waals surface area (Å²) in [4.78, 5) is 3.85. The monoisotopic (exact) mass is 237 g/mol. The van der Waals surface area contributed by atoms with E-state index in [0.717, 1.165) is 0 Å². The largest absolute Gasteiger partial charge is 0.272 e. The van der Waals surface area contributed by atoms with Gasteiger partial charge in [-0.25, -0.2) is 9.82 Å². The van der Waals surface area contributed by atoms with Gasteiger partial charge in [0, 0.05) is 5.56 Å². The summed E-state index contributed by atoms with van der Waals surface area (Å²) in [6.45, 7) is 0. The molecule has 0 bridgehead atoms. The zero-order valence-corrected chi connectivity index (χ0v) is 8.88. The molecule has 0 spiro atoms. The molecule has 1 aromatic carbocycles. The van der Waals surface area contributed by atoms with Crippen LogP contribution < -0.4 is 5.43 Å². The molecule has 16 heavy (non-hydrogen) atoms. The summed E-state index contributed by atoms with van der Waals surface area (Å²) in [6, 6.07) is 6.33. The fourth-order valence-corrected chi connectivity index (χ4v) is 1.21. The van der Waals surface area contributed by atoms with Crippen molar-refractivity contribution in [3.8, 4) is 0 Å². The molecule has 0 amide bonds. The topological polar surface area (TPSA) is 68.9 Å². The van der Waals surface area contributed by atoms with Crippen LogP contribution in [0.4, 0.5) is 10.3 Å². The first-order valence-electron chi connectivity index (χ1n) is 4.44. The molecule has 0 radical (unpaired) electrons. The second-order valence-corrected chi connectivity index (χ2v) is 3.29. The second-order valence-electron chi connectivity index (χ2n) is 2.91. The van der Waals surface area contributed by atoms with Crippen LogP contribution in [-0.2, 0) is 0 Å². The Morgan fingerprint density at radius 3 is 2.88 bits per heavy atom. The molecule has 3 N–H and O–H groups in total. The van der Waals surface area contributed by atoms with Gasteiger partial charge < -0.3 is 0 Å². The Morgan fingerprint density at radius 2 is 2.19 bits per heavy atom. The number of halogens is 1. The molecule has 2 rings (SSSR count). The Bertz CT molecular complexity index is 559. The summed E-state index contributed by atoms with van der Waals surface area (Å²) in [5, 5.41) is 9.06. The van der Waals surface area contributed by atoms with Crippen LogP contribution in [0.5, 0.6) is 0 Å². The van der Waals surface area contributed by atoms with Crippen molar-refractivity contribution in [3.63, 3.8) is 0 Å². The van der Waals surface area contributed by atoms with Crippen molar-refractivity contribution in [1.82, 2.24) is 15.2 Å². The third kappa shape index (κ3) is 2.51. The van der Waals surface area contributed by atoms with Crippen molar-refractivity contribution in [3.05, 3.63) is 40.4 Å². The Labute approximate surface area is 95.4 Å². The number of hydrazone groups is 1. The van der Waals surface area contributed by atoms with E-state index in [2.05, 4.69) is 25.7 Å². The minimum absolute atomic E-state index is 0.323. The van der Waals surface area contributed by atoms with E-state index in [4.69, 9.17) is 12.2 Å². The van der Waals surface area contributed by atoms with E-state index < -0.39 is 0 Å². The first-order chi connectivity index (χ1) is 7.75. The molecule has 0 aliphatic rings. The van der Waals surface area contributed by atoms with Gasteiger partial charge in [-0.05, 0) is 18.3 Å². The van der Waals surface area contributed by atoms with Crippen LogP contribution in [0.15, 0.2) is 29.4 Å². The number of rotatable bonds is 3. The molecule has 1 heterocycles. The number of aromatic nitrogens is 3.